The van der Waals surface area contributed by atoms with Gasteiger partial charge >= 0.3 is 0 Å². The van der Waals surface area contributed by atoms with E-state index in [9.17, 15) is 9.90 Å². The van der Waals surface area contributed by atoms with E-state index in [1.807, 2.05) is 0 Å². The van der Waals surface area contributed by atoms with Crippen molar-refractivity contribution in [2.24, 2.45) is 0 Å². The second-order valence-corrected chi connectivity index (χ2v) is 4.35. The number of aromatic hydroxyl groups is 1. The zero-order valence-electron chi connectivity index (χ0n) is 11.1. The first kappa shape index (κ1) is 13.7. The van der Waals surface area contributed by atoms with Crippen molar-refractivity contribution >= 4 is 11.6 Å². The number of amides is 1. The lowest BCUT2D eigenvalue weighted by molar-refractivity contribution is -0.112. The van der Waals surface area contributed by atoms with Crippen LogP contribution in [0.2, 0.25) is 0 Å². The summed E-state index contributed by atoms with van der Waals surface area (Å²) in [5, 5.41) is 11.9. The van der Waals surface area contributed by atoms with Gasteiger partial charge in [-0.2, -0.15) is 0 Å². The molecule has 0 aliphatic heterocycles. The first-order valence-corrected chi connectivity index (χ1v) is 6.08. The van der Waals surface area contributed by atoms with E-state index in [1.54, 1.807) is 55.5 Å². The summed E-state index contributed by atoms with van der Waals surface area (Å²) in [6, 6.07) is 13.4. The summed E-state index contributed by atoms with van der Waals surface area (Å²) in [6.07, 6.45) is 0. The van der Waals surface area contributed by atoms with E-state index in [-0.39, 0.29) is 11.7 Å². The highest BCUT2D eigenvalue weighted by atomic mass is 16.5. The summed E-state index contributed by atoms with van der Waals surface area (Å²) in [7, 11) is 0. The quantitative estimate of drug-likeness (QED) is 0.832. The Balaban J connectivity index is 2.03. The van der Waals surface area contributed by atoms with Crippen molar-refractivity contribution in [3.05, 3.63) is 60.7 Å². The normalized spacial score (nSPS) is 9.85. The van der Waals surface area contributed by atoms with Crippen LogP contribution in [0.3, 0.4) is 0 Å². The fourth-order valence-corrected chi connectivity index (χ4v) is 1.49. The second-order valence-electron chi connectivity index (χ2n) is 4.35. The lowest BCUT2D eigenvalue weighted by atomic mass is 10.2. The van der Waals surface area contributed by atoms with Gasteiger partial charge in [-0.25, -0.2) is 0 Å². The van der Waals surface area contributed by atoms with Crippen molar-refractivity contribution in [1.82, 2.24) is 0 Å². The number of nitrogens with one attached hydrogen (secondary N) is 1. The van der Waals surface area contributed by atoms with Crippen molar-refractivity contribution < 1.29 is 14.6 Å². The maximum atomic E-state index is 11.5. The fraction of sp³-hybridized carbons (Fsp3) is 0.0625. The van der Waals surface area contributed by atoms with Gasteiger partial charge in [0.15, 0.2) is 0 Å². The lowest BCUT2D eigenvalue weighted by Crippen LogP contribution is -2.11. The SMILES string of the molecule is C=C(C)C(=O)Nc1ccc(Oc2ccc(O)cc2)cc1. The first-order chi connectivity index (χ1) is 9.54. The summed E-state index contributed by atoms with van der Waals surface area (Å²) >= 11 is 0. The molecule has 2 aromatic rings. The molecule has 2 rings (SSSR count). The fourth-order valence-electron chi connectivity index (χ4n) is 1.49. The molecular formula is C16H15NO3. The van der Waals surface area contributed by atoms with Gasteiger partial charge in [-0.1, -0.05) is 6.58 Å². The monoisotopic (exact) mass is 269 g/mol. The standard InChI is InChI=1S/C16H15NO3/c1-11(2)16(19)17-12-3-7-14(8-4-12)20-15-9-5-13(18)6-10-15/h3-10,18H,1H2,2H3,(H,17,19). The van der Waals surface area contributed by atoms with E-state index in [0.717, 1.165) is 0 Å². The van der Waals surface area contributed by atoms with Gasteiger partial charge in [-0.15, -0.1) is 0 Å². The molecular weight excluding hydrogens is 254 g/mol. The summed E-state index contributed by atoms with van der Waals surface area (Å²) in [6.45, 7) is 5.22. The van der Waals surface area contributed by atoms with Gasteiger partial charge in [0.25, 0.3) is 5.91 Å². The van der Waals surface area contributed by atoms with Crippen molar-refractivity contribution in [3.63, 3.8) is 0 Å². The minimum Gasteiger partial charge on any atom is -0.508 e. The molecule has 1 amide bonds. The third-order valence-corrected chi connectivity index (χ3v) is 2.57. The van der Waals surface area contributed by atoms with Gasteiger partial charge in [0.05, 0.1) is 0 Å². The van der Waals surface area contributed by atoms with E-state index in [1.165, 1.54) is 0 Å². The molecule has 0 radical (unpaired) electrons. The highest BCUT2D eigenvalue weighted by Crippen LogP contribution is 2.24. The number of rotatable bonds is 4. The van der Waals surface area contributed by atoms with Crippen LogP contribution in [0.1, 0.15) is 6.92 Å². The van der Waals surface area contributed by atoms with Gasteiger partial charge in [-0.3, -0.25) is 4.79 Å². The molecule has 0 saturated heterocycles. The number of phenols is 1. The Morgan fingerprint density at radius 1 is 1.05 bits per heavy atom. The van der Waals surface area contributed by atoms with Crippen molar-refractivity contribution in [2.45, 2.75) is 6.92 Å². The molecule has 0 aliphatic rings. The molecule has 0 saturated carbocycles. The molecule has 0 atom stereocenters. The number of hydrogen-bond donors (Lipinski definition) is 2. The average molecular weight is 269 g/mol. The van der Waals surface area contributed by atoms with E-state index in [0.29, 0.717) is 22.8 Å². The molecule has 2 N–H and O–H groups in total. The summed E-state index contributed by atoms with van der Waals surface area (Å²) in [5.74, 6) is 1.25. The number of carbonyl (C=O) groups is 1. The Kier molecular flexibility index (Phi) is 4.05. The van der Waals surface area contributed by atoms with E-state index in [2.05, 4.69) is 11.9 Å². The smallest absolute Gasteiger partial charge is 0.250 e. The van der Waals surface area contributed by atoms with Gasteiger partial charge in [0.2, 0.25) is 0 Å². The number of ether oxygens (including phenoxy) is 1. The van der Waals surface area contributed by atoms with Crippen LogP contribution >= 0.6 is 0 Å². The topological polar surface area (TPSA) is 58.6 Å². The number of benzene rings is 2. The molecule has 0 unspecified atom stereocenters. The third-order valence-electron chi connectivity index (χ3n) is 2.57. The van der Waals surface area contributed by atoms with E-state index >= 15 is 0 Å². The van der Waals surface area contributed by atoms with Crippen LogP contribution < -0.4 is 10.1 Å². The second kappa shape index (κ2) is 5.93. The Bertz CT molecular complexity index is 615. The number of anilines is 1. The number of hydrogen-bond acceptors (Lipinski definition) is 3. The van der Waals surface area contributed by atoms with Crippen molar-refractivity contribution in [2.75, 3.05) is 5.32 Å². The molecule has 0 aromatic heterocycles. The molecule has 0 bridgehead atoms. The highest BCUT2D eigenvalue weighted by molar-refractivity contribution is 6.02. The maximum absolute atomic E-state index is 11.5. The van der Waals surface area contributed by atoms with Crippen LogP contribution in [0.5, 0.6) is 17.2 Å². The molecule has 4 heteroatoms. The van der Waals surface area contributed by atoms with Gasteiger partial charge in [0.1, 0.15) is 17.2 Å². The Morgan fingerprint density at radius 3 is 2.05 bits per heavy atom. The van der Waals surface area contributed by atoms with Crippen LogP contribution in [0.4, 0.5) is 5.69 Å². The first-order valence-electron chi connectivity index (χ1n) is 6.08. The molecule has 20 heavy (non-hydrogen) atoms. The van der Waals surface area contributed by atoms with Gasteiger partial charge in [0, 0.05) is 11.3 Å². The van der Waals surface area contributed by atoms with Gasteiger partial charge < -0.3 is 15.2 Å². The number of phenolic OH excluding ortho intramolecular Hbond substituents is 1. The zero-order valence-corrected chi connectivity index (χ0v) is 11.1. The molecule has 2 aromatic carbocycles. The predicted octanol–water partition coefficient (Wildman–Crippen LogP) is 3.70. The zero-order chi connectivity index (χ0) is 14.5. The molecule has 4 nitrogen and oxygen atoms in total. The van der Waals surface area contributed by atoms with Crippen molar-refractivity contribution in [3.8, 4) is 17.2 Å². The van der Waals surface area contributed by atoms with Crippen LogP contribution in [-0.4, -0.2) is 11.0 Å². The molecule has 0 fully saturated rings. The Labute approximate surface area is 117 Å². The summed E-state index contributed by atoms with van der Waals surface area (Å²) < 4.78 is 5.60. The highest BCUT2D eigenvalue weighted by Gasteiger charge is 2.03. The minimum absolute atomic E-state index is 0.190. The molecule has 0 heterocycles. The van der Waals surface area contributed by atoms with Gasteiger partial charge in [-0.05, 0) is 55.5 Å². The molecule has 0 spiro atoms. The van der Waals surface area contributed by atoms with Crippen LogP contribution in [-0.2, 0) is 4.79 Å². The van der Waals surface area contributed by atoms with Crippen LogP contribution in [0.15, 0.2) is 60.7 Å². The Hall–Kier alpha value is -2.75. The van der Waals surface area contributed by atoms with Crippen molar-refractivity contribution in [1.29, 1.82) is 0 Å². The Morgan fingerprint density at radius 2 is 1.55 bits per heavy atom. The molecule has 0 aliphatic carbocycles. The average Bonchev–Trinajstić information content (AvgIpc) is 2.43. The van der Waals surface area contributed by atoms with Crippen LogP contribution in [0, 0.1) is 0 Å². The number of carbonyl (C=O) groups excluding carboxylic acids is 1. The summed E-state index contributed by atoms with van der Waals surface area (Å²) in [5.41, 5.74) is 1.13. The maximum Gasteiger partial charge on any atom is 0.250 e. The largest absolute Gasteiger partial charge is 0.508 e. The van der Waals surface area contributed by atoms with E-state index < -0.39 is 0 Å². The summed E-state index contributed by atoms with van der Waals surface area (Å²) in [4.78, 5) is 11.5. The van der Waals surface area contributed by atoms with E-state index in [4.69, 9.17) is 4.74 Å². The molecule has 102 valence electrons. The minimum atomic E-state index is -0.211. The van der Waals surface area contributed by atoms with Crippen LogP contribution in [0.25, 0.3) is 0 Å². The lowest BCUT2D eigenvalue weighted by Gasteiger charge is -2.08. The predicted molar refractivity (Wildman–Crippen MR) is 78.1 cm³/mol. The third kappa shape index (κ3) is 3.62.